The molecule has 2 aromatic carbocycles. The molecule has 180 valence electrons. The van der Waals surface area contributed by atoms with Gasteiger partial charge in [-0.05, 0) is 0 Å². The fourth-order valence-electron chi connectivity index (χ4n) is 5.41. The van der Waals surface area contributed by atoms with Crippen LogP contribution in [0, 0.1) is 13.8 Å². The van der Waals surface area contributed by atoms with Gasteiger partial charge in [0.1, 0.15) is 0 Å². The van der Waals surface area contributed by atoms with Crippen LogP contribution in [0.4, 0.5) is 5.69 Å². The molecule has 1 saturated carbocycles. The van der Waals surface area contributed by atoms with Crippen LogP contribution in [0.3, 0.4) is 0 Å². The number of ether oxygens (including phenoxy) is 2. The Bertz CT molecular complexity index is 958. The van der Waals surface area contributed by atoms with E-state index in [2.05, 4.69) is 19.2 Å². The molecule has 0 aliphatic heterocycles. The molecule has 33 heavy (non-hydrogen) atoms. The quantitative estimate of drug-likeness (QED) is 0.356. The normalized spacial score (nSPS) is 15.3. The monoisotopic (exact) mass is 471 g/mol. The van der Waals surface area contributed by atoms with Gasteiger partial charge in [-0.25, -0.2) is 0 Å². The SMILES string of the molecule is CC[PH](CC)(CC(=O)OCc1ccccc1)C1(C(=O)Nc2c(C)cc(OC)cc2C)CCC1. The Morgan fingerprint density at radius 3 is 2.12 bits per heavy atom. The molecule has 0 atom stereocenters. The third-order valence-electron chi connectivity index (χ3n) is 7.72. The summed E-state index contributed by atoms with van der Waals surface area (Å²) in [5.74, 6) is 0.690. The number of benzene rings is 2. The van der Waals surface area contributed by atoms with Crippen molar-refractivity contribution in [2.45, 2.75) is 58.7 Å². The van der Waals surface area contributed by atoms with Crippen molar-refractivity contribution in [3.63, 3.8) is 0 Å². The van der Waals surface area contributed by atoms with Gasteiger partial charge in [-0.15, -0.1) is 0 Å². The van der Waals surface area contributed by atoms with E-state index in [9.17, 15) is 9.59 Å². The van der Waals surface area contributed by atoms with Gasteiger partial charge in [0.05, 0.1) is 0 Å². The third kappa shape index (κ3) is 5.09. The molecular weight excluding hydrogens is 433 g/mol. The number of nitrogens with one attached hydrogen (secondary N) is 1. The molecule has 1 aliphatic rings. The number of rotatable bonds is 10. The van der Waals surface area contributed by atoms with Crippen molar-refractivity contribution in [3.05, 3.63) is 59.2 Å². The molecule has 0 radical (unpaired) electrons. The van der Waals surface area contributed by atoms with Gasteiger partial charge in [0.15, 0.2) is 0 Å². The van der Waals surface area contributed by atoms with Gasteiger partial charge in [0.25, 0.3) is 0 Å². The molecule has 0 spiro atoms. The molecule has 3 rings (SSSR count). The molecule has 6 heteroatoms. The summed E-state index contributed by atoms with van der Waals surface area (Å²) in [5.41, 5.74) is 3.80. The molecule has 1 aliphatic carbocycles. The van der Waals surface area contributed by atoms with E-state index in [-0.39, 0.29) is 18.5 Å². The maximum atomic E-state index is 13.8. The van der Waals surface area contributed by atoms with E-state index in [4.69, 9.17) is 9.47 Å². The fourth-order valence-corrected chi connectivity index (χ4v) is 10.7. The Labute approximate surface area is 198 Å². The zero-order chi connectivity index (χ0) is 24.1. The molecule has 0 saturated heterocycles. The number of amides is 1. The Kier molecular flexibility index (Phi) is 8.18. The molecule has 1 amide bonds. The standard InChI is InChI=1S/C27H38NO4P/c1-6-33(7-2,19-24(29)32-18-22-12-9-8-10-13-22)27(14-11-15-27)26(30)28-25-20(3)16-23(31-5)17-21(25)4/h8-10,12-13,16-17,33H,6-7,11,14-15,18-19H2,1-5H3,(H,28,30). The van der Waals surface area contributed by atoms with Crippen molar-refractivity contribution >= 4 is 24.8 Å². The Hall–Kier alpha value is -2.39. The molecule has 1 N–H and O–H groups in total. The second-order valence-corrected chi connectivity index (χ2v) is 14.6. The van der Waals surface area contributed by atoms with E-state index in [1.165, 1.54) is 0 Å². The third-order valence-corrected chi connectivity index (χ3v) is 14.1. The summed E-state index contributed by atoms with van der Waals surface area (Å²) in [6.07, 6.45) is 4.90. The first-order valence-electron chi connectivity index (χ1n) is 12.0. The second kappa shape index (κ2) is 10.7. The second-order valence-electron chi connectivity index (χ2n) is 9.34. The molecule has 2 aromatic rings. The van der Waals surface area contributed by atoms with Crippen molar-refractivity contribution in [2.75, 3.05) is 30.9 Å². The summed E-state index contributed by atoms with van der Waals surface area (Å²) in [6.45, 7) is 8.56. The van der Waals surface area contributed by atoms with E-state index in [0.717, 1.165) is 59.7 Å². The molecule has 0 unspecified atom stereocenters. The van der Waals surface area contributed by atoms with Crippen LogP contribution in [0.1, 0.15) is 49.8 Å². The number of aryl methyl sites for hydroxylation is 2. The number of carbonyl (C=O) groups is 2. The summed E-state index contributed by atoms with van der Waals surface area (Å²) in [7, 11) is -0.644. The summed E-state index contributed by atoms with van der Waals surface area (Å²) in [6, 6.07) is 13.6. The first-order valence-corrected chi connectivity index (χ1v) is 14.6. The van der Waals surface area contributed by atoms with E-state index in [0.29, 0.717) is 6.16 Å². The number of hydrogen-bond acceptors (Lipinski definition) is 4. The number of hydrogen-bond donors (Lipinski definition) is 1. The number of esters is 1. The van der Waals surface area contributed by atoms with Crippen molar-refractivity contribution < 1.29 is 19.1 Å². The van der Waals surface area contributed by atoms with Gasteiger partial charge in [0.2, 0.25) is 0 Å². The number of methoxy groups -OCH3 is 1. The van der Waals surface area contributed by atoms with Gasteiger partial charge >= 0.3 is 198 Å². The van der Waals surface area contributed by atoms with Crippen LogP contribution in [0.2, 0.25) is 0 Å². The predicted octanol–water partition coefficient (Wildman–Crippen LogP) is 5.71. The average Bonchev–Trinajstić information content (AvgIpc) is 2.79. The van der Waals surface area contributed by atoms with Crippen LogP contribution < -0.4 is 10.1 Å². The molecule has 0 heterocycles. The van der Waals surface area contributed by atoms with Crippen molar-refractivity contribution in [1.29, 1.82) is 0 Å². The summed E-state index contributed by atoms with van der Waals surface area (Å²) >= 11 is 0. The van der Waals surface area contributed by atoms with Crippen LogP contribution in [0.15, 0.2) is 42.5 Å². The molecule has 0 aromatic heterocycles. The van der Waals surface area contributed by atoms with Gasteiger partial charge < -0.3 is 0 Å². The van der Waals surface area contributed by atoms with Crippen molar-refractivity contribution in [1.82, 2.24) is 0 Å². The summed E-state index contributed by atoms with van der Waals surface area (Å²) in [4.78, 5) is 26.8. The van der Waals surface area contributed by atoms with Gasteiger partial charge in [-0.1, -0.05) is 0 Å². The van der Waals surface area contributed by atoms with Crippen LogP contribution in [-0.2, 0) is 20.9 Å². The van der Waals surface area contributed by atoms with E-state index in [1.54, 1.807) is 7.11 Å². The zero-order valence-electron chi connectivity index (χ0n) is 20.6. The van der Waals surface area contributed by atoms with Crippen molar-refractivity contribution in [2.24, 2.45) is 0 Å². The molecule has 1 fully saturated rings. The fraction of sp³-hybridized carbons (Fsp3) is 0.481. The Morgan fingerprint density at radius 2 is 1.64 bits per heavy atom. The van der Waals surface area contributed by atoms with Crippen molar-refractivity contribution in [3.8, 4) is 5.75 Å². The van der Waals surface area contributed by atoms with Crippen LogP contribution in [-0.4, -0.2) is 42.6 Å². The molecular formula is C27H38NO4P. The van der Waals surface area contributed by atoms with Gasteiger partial charge in [0, 0.05) is 0 Å². The van der Waals surface area contributed by atoms with E-state index < -0.39 is 12.4 Å². The molecule has 5 nitrogen and oxygen atoms in total. The van der Waals surface area contributed by atoms with E-state index >= 15 is 0 Å². The minimum absolute atomic E-state index is 0.0799. The minimum atomic E-state index is -2.29. The Balaban J connectivity index is 1.80. The van der Waals surface area contributed by atoms with Crippen LogP contribution in [0.25, 0.3) is 0 Å². The van der Waals surface area contributed by atoms with Crippen LogP contribution in [0.5, 0.6) is 5.75 Å². The summed E-state index contributed by atoms with van der Waals surface area (Å²) < 4.78 is 11.0. The van der Waals surface area contributed by atoms with E-state index in [1.807, 2.05) is 56.3 Å². The van der Waals surface area contributed by atoms with Gasteiger partial charge in [-0.2, -0.15) is 0 Å². The summed E-state index contributed by atoms with van der Waals surface area (Å²) in [5, 5.41) is 2.84. The topological polar surface area (TPSA) is 64.6 Å². The average molecular weight is 472 g/mol. The van der Waals surface area contributed by atoms with Crippen LogP contribution >= 0.6 is 7.26 Å². The number of anilines is 1. The maximum absolute atomic E-state index is 13.8. The zero-order valence-corrected chi connectivity index (χ0v) is 21.6. The predicted molar refractivity (Wildman–Crippen MR) is 138 cm³/mol. The first-order chi connectivity index (χ1) is 15.8. The number of carbonyl (C=O) groups excluding carboxylic acids is 2. The van der Waals surface area contributed by atoms with Gasteiger partial charge in [-0.3, -0.25) is 0 Å². The first kappa shape index (κ1) is 25.2. The Morgan fingerprint density at radius 1 is 1.03 bits per heavy atom. The molecule has 0 bridgehead atoms.